The van der Waals surface area contributed by atoms with Crippen LogP contribution in [0.2, 0.25) is 0 Å². The molecule has 4 nitrogen and oxygen atoms in total. The molecule has 1 aliphatic carbocycles. The second kappa shape index (κ2) is 5.52. The summed E-state index contributed by atoms with van der Waals surface area (Å²) in [6.45, 7) is 8.21. The van der Waals surface area contributed by atoms with E-state index in [9.17, 15) is 9.59 Å². The molecule has 2 unspecified atom stereocenters. The van der Waals surface area contributed by atoms with Crippen molar-refractivity contribution in [2.24, 2.45) is 17.8 Å². The highest BCUT2D eigenvalue weighted by molar-refractivity contribution is 5.84. The lowest BCUT2D eigenvalue weighted by Crippen LogP contribution is -2.42. The summed E-state index contributed by atoms with van der Waals surface area (Å²) in [4.78, 5) is 25.1. The van der Waals surface area contributed by atoms with Crippen LogP contribution in [0, 0.1) is 17.8 Å². The average Bonchev–Trinajstić information content (AvgIpc) is 3.06. The second-order valence-corrected chi connectivity index (χ2v) is 5.53. The third-order valence-corrected chi connectivity index (χ3v) is 3.36. The van der Waals surface area contributed by atoms with Gasteiger partial charge in [0, 0.05) is 18.5 Å². The van der Waals surface area contributed by atoms with Gasteiger partial charge in [0.1, 0.15) is 0 Å². The van der Waals surface area contributed by atoms with Gasteiger partial charge in [0.15, 0.2) is 0 Å². The highest BCUT2D eigenvalue weighted by atomic mass is 16.4. The molecule has 1 saturated carbocycles. The molecular weight excluding hydrogens is 218 g/mol. The first-order valence-corrected chi connectivity index (χ1v) is 6.37. The van der Waals surface area contributed by atoms with Gasteiger partial charge in [-0.05, 0) is 18.8 Å². The smallest absolute Gasteiger partial charge is 0.307 e. The van der Waals surface area contributed by atoms with Crippen molar-refractivity contribution in [2.45, 2.75) is 46.6 Å². The Hall–Kier alpha value is -1.06. The van der Waals surface area contributed by atoms with E-state index in [-0.39, 0.29) is 5.91 Å². The summed E-state index contributed by atoms with van der Waals surface area (Å²) in [6, 6.07) is 0.355. The van der Waals surface area contributed by atoms with Crippen molar-refractivity contribution in [1.82, 2.24) is 4.90 Å². The summed E-state index contributed by atoms with van der Waals surface area (Å²) in [5, 5.41) is 8.95. The summed E-state index contributed by atoms with van der Waals surface area (Å²) in [5.41, 5.74) is 0. The first-order chi connectivity index (χ1) is 7.84. The molecule has 1 fully saturated rings. The fraction of sp³-hybridized carbons (Fsp3) is 0.846. The summed E-state index contributed by atoms with van der Waals surface area (Å²) in [5.74, 6) is -1.53. The molecule has 0 aromatic carbocycles. The van der Waals surface area contributed by atoms with E-state index in [4.69, 9.17) is 5.11 Å². The lowest BCUT2D eigenvalue weighted by atomic mass is 9.94. The fourth-order valence-electron chi connectivity index (χ4n) is 1.89. The third kappa shape index (κ3) is 3.72. The van der Waals surface area contributed by atoms with E-state index in [2.05, 4.69) is 13.8 Å². The number of rotatable bonds is 6. The Balaban J connectivity index is 2.67. The van der Waals surface area contributed by atoms with E-state index in [1.54, 1.807) is 13.8 Å². The third-order valence-electron chi connectivity index (χ3n) is 3.36. The van der Waals surface area contributed by atoms with Crippen LogP contribution in [0.5, 0.6) is 0 Å². The van der Waals surface area contributed by atoms with Crippen molar-refractivity contribution in [1.29, 1.82) is 0 Å². The topological polar surface area (TPSA) is 57.6 Å². The lowest BCUT2D eigenvalue weighted by molar-refractivity contribution is -0.149. The van der Waals surface area contributed by atoms with E-state index in [0.29, 0.717) is 12.0 Å². The number of carboxylic acids is 1. The molecule has 0 aromatic heterocycles. The predicted octanol–water partition coefficient (Wildman–Crippen LogP) is 1.99. The number of carbonyl (C=O) groups excluding carboxylic acids is 1. The van der Waals surface area contributed by atoms with Gasteiger partial charge in [-0.25, -0.2) is 0 Å². The molecule has 1 aliphatic rings. The van der Waals surface area contributed by atoms with E-state index in [1.165, 1.54) is 0 Å². The van der Waals surface area contributed by atoms with Crippen LogP contribution < -0.4 is 0 Å². The van der Waals surface area contributed by atoms with Crippen LogP contribution in [0.1, 0.15) is 40.5 Å². The maximum absolute atomic E-state index is 12.3. The highest BCUT2D eigenvalue weighted by Gasteiger charge is 2.37. The number of aliphatic carboxylic acids is 1. The van der Waals surface area contributed by atoms with Crippen LogP contribution in [0.25, 0.3) is 0 Å². The van der Waals surface area contributed by atoms with Gasteiger partial charge in [0.25, 0.3) is 0 Å². The normalized spacial score (nSPS) is 18.9. The monoisotopic (exact) mass is 241 g/mol. The van der Waals surface area contributed by atoms with E-state index < -0.39 is 17.8 Å². The summed E-state index contributed by atoms with van der Waals surface area (Å²) >= 11 is 0. The first-order valence-electron chi connectivity index (χ1n) is 6.37. The second-order valence-electron chi connectivity index (χ2n) is 5.53. The number of carbonyl (C=O) groups is 2. The molecule has 1 amide bonds. The lowest BCUT2D eigenvalue weighted by Gasteiger charge is -2.28. The van der Waals surface area contributed by atoms with Crippen molar-refractivity contribution in [3.63, 3.8) is 0 Å². The van der Waals surface area contributed by atoms with Crippen molar-refractivity contribution >= 4 is 11.9 Å². The molecule has 0 aliphatic heterocycles. The van der Waals surface area contributed by atoms with Crippen LogP contribution >= 0.6 is 0 Å². The Morgan fingerprint density at radius 1 is 1.18 bits per heavy atom. The molecule has 1 rings (SSSR count). The Bertz CT molecular complexity index is 297. The SMILES string of the molecule is CC(C)CN(C(=O)C(C)C(C)C(=O)O)C1CC1. The number of nitrogens with zero attached hydrogens (tertiary/aromatic N) is 1. The van der Waals surface area contributed by atoms with Gasteiger partial charge in [0.05, 0.1) is 5.92 Å². The zero-order chi connectivity index (χ0) is 13.2. The summed E-state index contributed by atoms with van der Waals surface area (Å²) in [6.07, 6.45) is 2.12. The van der Waals surface area contributed by atoms with Gasteiger partial charge in [-0.2, -0.15) is 0 Å². The molecule has 2 atom stereocenters. The van der Waals surface area contributed by atoms with Crippen molar-refractivity contribution in [3.05, 3.63) is 0 Å². The highest BCUT2D eigenvalue weighted by Crippen LogP contribution is 2.30. The Morgan fingerprint density at radius 3 is 2.06 bits per heavy atom. The van der Waals surface area contributed by atoms with E-state index >= 15 is 0 Å². The van der Waals surface area contributed by atoms with Gasteiger partial charge in [0.2, 0.25) is 5.91 Å². The standard InChI is InChI=1S/C13H23NO3/c1-8(2)7-14(11-5-6-11)12(15)9(3)10(4)13(16)17/h8-11H,5-7H2,1-4H3,(H,16,17). The molecule has 98 valence electrons. The molecule has 0 spiro atoms. The minimum Gasteiger partial charge on any atom is -0.481 e. The minimum atomic E-state index is -0.897. The molecule has 1 N–H and O–H groups in total. The predicted molar refractivity (Wildman–Crippen MR) is 65.5 cm³/mol. The van der Waals surface area contributed by atoms with Crippen LogP contribution in [-0.2, 0) is 9.59 Å². The Labute approximate surface area is 103 Å². The molecule has 0 bridgehead atoms. The Kier molecular flexibility index (Phi) is 4.54. The van der Waals surface area contributed by atoms with Crippen molar-refractivity contribution in [3.8, 4) is 0 Å². The average molecular weight is 241 g/mol. The quantitative estimate of drug-likeness (QED) is 0.773. The zero-order valence-electron chi connectivity index (χ0n) is 11.1. The maximum Gasteiger partial charge on any atom is 0.307 e. The number of amides is 1. The fourth-order valence-corrected chi connectivity index (χ4v) is 1.89. The molecule has 4 heteroatoms. The van der Waals surface area contributed by atoms with E-state index in [0.717, 1.165) is 19.4 Å². The number of hydrogen-bond acceptors (Lipinski definition) is 2. The summed E-state index contributed by atoms with van der Waals surface area (Å²) < 4.78 is 0. The molecule has 0 aromatic rings. The molecular formula is C13H23NO3. The van der Waals surface area contributed by atoms with Crippen LogP contribution in [0.4, 0.5) is 0 Å². The van der Waals surface area contributed by atoms with Crippen molar-refractivity contribution < 1.29 is 14.7 Å². The summed E-state index contributed by atoms with van der Waals surface area (Å²) in [7, 11) is 0. The van der Waals surface area contributed by atoms with Gasteiger partial charge < -0.3 is 10.0 Å². The molecule has 0 radical (unpaired) electrons. The minimum absolute atomic E-state index is 0.00361. The molecule has 0 heterocycles. The maximum atomic E-state index is 12.3. The number of carboxylic acid groups (broad SMARTS) is 1. The van der Waals surface area contributed by atoms with Crippen LogP contribution in [0.15, 0.2) is 0 Å². The molecule has 17 heavy (non-hydrogen) atoms. The van der Waals surface area contributed by atoms with Gasteiger partial charge in [-0.1, -0.05) is 27.7 Å². The molecule has 0 saturated heterocycles. The number of hydrogen-bond donors (Lipinski definition) is 1. The largest absolute Gasteiger partial charge is 0.481 e. The Morgan fingerprint density at radius 2 is 1.71 bits per heavy atom. The zero-order valence-corrected chi connectivity index (χ0v) is 11.1. The van der Waals surface area contributed by atoms with Crippen LogP contribution in [-0.4, -0.2) is 34.5 Å². The van der Waals surface area contributed by atoms with Gasteiger partial charge in [-0.15, -0.1) is 0 Å². The first kappa shape index (κ1) is 14.0. The van der Waals surface area contributed by atoms with Gasteiger partial charge >= 0.3 is 5.97 Å². The van der Waals surface area contributed by atoms with Crippen molar-refractivity contribution in [2.75, 3.05) is 6.54 Å². The van der Waals surface area contributed by atoms with E-state index in [1.807, 2.05) is 4.90 Å². The van der Waals surface area contributed by atoms with Gasteiger partial charge in [-0.3, -0.25) is 9.59 Å². The van der Waals surface area contributed by atoms with Crippen LogP contribution in [0.3, 0.4) is 0 Å².